The van der Waals surface area contributed by atoms with Crippen LogP contribution in [0.5, 0.6) is 0 Å². The van der Waals surface area contributed by atoms with Crippen LogP contribution in [0, 0.1) is 28.6 Å². The second kappa shape index (κ2) is 7.72. The molecule has 1 N–H and O–H groups in total. The Hall–Kier alpha value is -1.62. The van der Waals surface area contributed by atoms with Gasteiger partial charge in [-0.25, -0.2) is 0 Å². The van der Waals surface area contributed by atoms with Gasteiger partial charge in [-0.1, -0.05) is 38.7 Å². The summed E-state index contributed by atoms with van der Waals surface area (Å²) in [7, 11) is 0. The van der Waals surface area contributed by atoms with E-state index in [0.29, 0.717) is 12.8 Å². The van der Waals surface area contributed by atoms with Crippen molar-refractivity contribution >= 4 is 23.6 Å². The van der Waals surface area contributed by atoms with Crippen molar-refractivity contribution < 1.29 is 19.5 Å². The van der Waals surface area contributed by atoms with Gasteiger partial charge < -0.3 is 5.11 Å². The molecule has 0 aromatic carbocycles. The topological polar surface area (TPSA) is 83.8 Å². The molecule has 5 heteroatoms. The number of rotatable bonds is 3. The number of aliphatic imine (C=N–C) groups is 1. The van der Waals surface area contributed by atoms with Gasteiger partial charge in [0.25, 0.3) is 0 Å². The summed E-state index contributed by atoms with van der Waals surface area (Å²) in [6, 6.07) is 0.191. The molecule has 4 saturated carbocycles. The van der Waals surface area contributed by atoms with Crippen LogP contribution in [0.15, 0.2) is 16.6 Å². The Morgan fingerprint density at radius 2 is 1.81 bits per heavy atom. The lowest BCUT2D eigenvalue weighted by Crippen LogP contribution is -2.60. The predicted molar refractivity (Wildman–Crippen MR) is 122 cm³/mol. The largest absolute Gasteiger partial charge is 0.381 e. The van der Waals surface area contributed by atoms with E-state index in [-0.39, 0.29) is 53.0 Å². The van der Waals surface area contributed by atoms with Crippen LogP contribution in [0.4, 0.5) is 0 Å². The first-order valence-electron chi connectivity index (χ1n) is 12.8. The maximum Gasteiger partial charge on any atom is 0.205 e. The molecule has 0 aromatic rings. The Bertz CT molecular complexity index is 899. The van der Waals surface area contributed by atoms with E-state index >= 15 is 0 Å². The van der Waals surface area contributed by atoms with Crippen molar-refractivity contribution in [3.05, 3.63) is 11.6 Å². The smallest absolute Gasteiger partial charge is 0.205 e. The van der Waals surface area contributed by atoms with Gasteiger partial charge in [-0.2, -0.15) is 0 Å². The van der Waals surface area contributed by atoms with Crippen LogP contribution >= 0.6 is 0 Å². The number of carbonyl (C=O) groups is 3. The van der Waals surface area contributed by atoms with E-state index < -0.39 is 11.0 Å². The van der Waals surface area contributed by atoms with Crippen molar-refractivity contribution in [1.82, 2.24) is 0 Å². The average Bonchev–Trinajstić information content (AvgIpc) is 3.04. The van der Waals surface area contributed by atoms with Gasteiger partial charge in [-0.15, -0.1) is 0 Å². The standard InChI is InChI=1S/C27H37NO4/c1-25-12-10-19(29)14-17(25)8-9-20-21-11-13-27(32,26(21,2)15-22(30)24(20)25)23(31)16-28-18-6-4-3-5-7-18/h14,16,18,20-21,24,32H,3-13,15H2,1-2H3/t20-,21-,24+,25-,26-,27-/m0/s1. The minimum atomic E-state index is -1.50. The van der Waals surface area contributed by atoms with Gasteiger partial charge in [0, 0.05) is 24.2 Å². The SMILES string of the molecule is C[C@]12CCC(=O)C=C1CC[C@@H]1[C@@H]2C(=O)C[C@@]2(C)[C@H]1CC[C@]2(O)C(=O)C=NC1CCCCC1. The van der Waals surface area contributed by atoms with E-state index in [1.807, 2.05) is 6.92 Å². The van der Waals surface area contributed by atoms with Gasteiger partial charge >= 0.3 is 0 Å². The number of hydrogen-bond acceptors (Lipinski definition) is 5. The van der Waals surface area contributed by atoms with Crippen LogP contribution < -0.4 is 0 Å². The number of carbonyl (C=O) groups excluding carboxylic acids is 3. The van der Waals surface area contributed by atoms with E-state index in [2.05, 4.69) is 11.9 Å². The van der Waals surface area contributed by atoms with Gasteiger partial charge in [-0.05, 0) is 68.3 Å². The van der Waals surface area contributed by atoms with Gasteiger partial charge in [0.2, 0.25) is 5.78 Å². The summed E-state index contributed by atoms with van der Waals surface area (Å²) in [4.78, 5) is 43.6. The van der Waals surface area contributed by atoms with Crippen LogP contribution in [0.3, 0.4) is 0 Å². The third kappa shape index (κ3) is 3.13. The van der Waals surface area contributed by atoms with Crippen molar-refractivity contribution in [3.63, 3.8) is 0 Å². The number of hydrogen-bond donors (Lipinski definition) is 1. The van der Waals surface area contributed by atoms with Gasteiger partial charge in [0.15, 0.2) is 5.78 Å². The van der Waals surface area contributed by atoms with Crippen molar-refractivity contribution in [3.8, 4) is 0 Å². The van der Waals surface area contributed by atoms with Crippen LogP contribution in [0.1, 0.15) is 90.9 Å². The van der Waals surface area contributed by atoms with Crippen LogP contribution in [0.25, 0.3) is 0 Å². The maximum atomic E-state index is 13.7. The molecule has 0 saturated heterocycles. The van der Waals surface area contributed by atoms with E-state index in [1.165, 1.54) is 12.6 Å². The number of nitrogens with zero attached hydrogens (tertiary/aromatic N) is 1. The van der Waals surface area contributed by atoms with Crippen molar-refractivity contribution in [2.45, 2.75) is 103 Å². The number of aliphatic hydroxyl groups is 1. The molecule has 0 unspecified atom stereocenters. The zero-order chi connectivity index (χ0) is 22.7. The third-order valence-corrected chi connectivity index (χ3v) is 10.2. The number of allylic oxidation sites excluding steroid dienone is 1. The third-order valence-electron chi connectivity index (χ3n) is 10.2. The molecule has 0 bridgehead atoms. The molecule has 5 rings (SSSR count). The number of ketones is 3. The molecule has 5 nitrogen and oxygen atoms in total. The minimum absolute atomic E-state index is 0.0953. The summed E-state index contributed by atoms with van der Waals surface area (Å²) in [6.45, 7) is 4.15. The lowest BCUT2D eigenvalue weighted by molar-refractivity contribution is -0.164. The summed E-state index contributed by atoms with van der Waals surface area (Å²) >= 11 is 0. The lowest BCUT2D eigenvalue weighted by Gasteiger charge is -2.57. The lowest BCUT2D eigenvalue weighted by atomic mass is 9.46. The quantitative estimate of drug-likeness (QED) is 0.661. The summed E-state index contributed by atoms with van der Waals surface area (Å²) in [6.07, 6.45) is 13.2. The molecule has 0 spiro atoms. The Labute approximate surface area is 191 Å². The van der Waals surface area contributed by atoms with Gasteiger partial charge in [0.1, 0.15) is 11.4 Å². The maximum absolute atomic E-state index is 13.7. The zero-order valence-corrected chi connectivity index (χ0v) is 19.6. The van der Waals surface area contributed by atoms with Gasteiger partial charge in [-0.3, -0.25) is 19.4 Å². The molecule has 32 heavy (non-hydrogen) atoms. The van der Waals surface area contributed by atoms with Gasteiger partial charge in [0.05, 0.1) is 12.3 Å². The second-order valence-corrected chi connectivity index (χ2v) is 11.7. The molecule has 4 fully saturated rings. The summed E-state index contributed by atoms with van der Waals surface area (Å²) in [5, 5.41) is 11.7. The normalized spacial score (nSPS) is 44.7. The fourth-order valence-corrected chi connectivity index (χ4v) is 8.30. The van der Waals surface area contributed by atoms with Crippen molar-refractivity contribution in [1.29, 1.82) is 0 Å². The number of fused-ring (bicyclic) bond motifs is 5. The first-order valence-corrected chi connectivity index (χ1v) is 12.8. The highest BCUT2D eigenvalue weighted by Crippen LogP contribution is 2.66. The molecule has 0 aromatic heterocycles. The molecular weight excluding hydrogens is 402 g/mol. The predicted octanol–water partition coefficient (Wildman–Crippen LogP) is 4.40. The van der Waals surface area contributed by atoms with E-state index in [1.54, 1.807) is 6.08 Å². The molecule has 5 aliphatic carbocycles. The van der Waals surface area contributed by atoms with E-state index in [4.69, 9.17) is 0 Å². The molecule has 6 atom stereocenters. The van der Waals surface area contributed by atoms with Crippen molar-refractivity contribution in [2.75, 3.05) is 0 Å². The van der Waals surface area contributed by atoms with Crippen LogP contribution in [-0.4, -0.2) is 40.3 Å². The zero-order valence-electron chi connectivity index (χ0n) is 19.6. The first kappa shape index (κ1) is 22.2. The second-order valence-electron chi connectivity index (χ2n) is 11.7. The fraction of sp³-hybridized carbons (Fsp3) is 0.778. The molecule has 0 amide bonds. The Morgan fingerprint density at radius 1 is 1.06 bits per heavy atom. The fourth-order valence-electron chi connectivity index (χ4n) is 8.30. The summed E-state index contributed by atoms with van der Waals surface area (Å²) in [5.74, 6) is 0.287. The molecule has 0 aliphatic heterocycles. The molecule has 0 heterocycles. The summed E-state index contributed by atoms with van der Waals surface area (Å²) < 4.78 is 0. The summed E-state index contributed by atoms with van der Waals surface area (Å²) in [5.41, 5.74) is -1.34. The minimum Gasteiger partial charge on any atom is -0.381 e. The monoisotopic (exact) mass is 439 g/mol. The Balaban J connectivity index is 1.42. The number of Topliss-reactive ketones (excluding diaryl/α,β-unsaturated/α-hetero) is 2. The van der Waals surface area contributed by atoms with Crippen molar-refractivity contribution in [2.24, 2.45) is 33.6 Å². The first-order chi connectivity index (χ1) is 15.2. The van der Waals surface area contributed by atoms with Crippen LogP contribution in [-0.2, 0) is 14.4 Å². The molecule has 5 aliphatic rings. The molecular formula is C27H37NO4. The van der Waals surface area contributed by atoms with E-state index in [9.17, 15) is 19.5 Å². The Kier molecular flexibility index (Phi) is 5.35. The highest BCUT2D eigenvalue weighted by molar-refractivity contribution is 6.31. The van der Waals surface area contributed by atoms with Crippen LogP contribution in [0.2, 0.25) is 0 Å². The Morgan fingerprint density at radius 3 is 2.56 bits per heavy atom. The highest BCUT2D eigenvalue weighted by atomic mass is 16.3. The van der Waals surface area contributed by atoms with E-state index in [0.717, 1.165) is 56.9 Å². The highest BCUT2D eigenvalue weighted by Gasteiger charge is 2.68. The molecule has 0 radical (unpaired) electrons. The average molecular weight is 440 g/mol. The molecule has 174 valence electrons.